The standard InChI is InChI=1S/C17H17Cl2NO/c1-4-8-14(13-9-6-5-7-10-13)21-17-15(18)11(2)20-12(3)16(17)19/h4-7,9-10,14H,1,8H2,2-3H3. The number of pyridine rings is 1. The number of nitrogens with zero attached hydrogens (tertiary/aromatic N) is 1. The smallest absolute Gasteiger partial charge is 0.161 e. The second-order valence-corrected chi connectivity index (χ2v) is 5.54. The number of aryl methyl sites for hydroxylation is 2. The van der Waals surface area contributed by atoms with Crippen molar-refractivity contribution in [2.75, 3.05) is 0 Å². The van der Waals surface area contributed by atoms with Crippen molar-refractivity contribution in [3.8, 4) is 5.75 Å². The molecule has 2 aromatic rings. The molecule has 21 heavy (non-hydrogen) atoms. The van der Waals surface area contributed by atoms with Crippen LogP contribution in [-0.4, -0.2) is 4.98 Å². The zero-order valence-corrected chi connectivity index (χ0v) is 13.6. The van der Waals surface area contributed by atoms with E-state index < -0.39 is 0 Å². The highest BCUT2D eigenvalue weighted by atomic mass is 35.5. The van der Waals surface area contributed by atoms with Gasteiger partial charge in [0.05, 0.1) is 11.4 Å². The van der Waals surface area contributed by atoms with E-state index in [0.717, 1.165) is 5.56 Å². The van der Waals surface area contributed by atoms with Gasteiger partial charge in [-0.15, -0.1) is 6.58 Å². The molecule has 1 heterocycles. The molecule has 2 rings (SSSR count). The van der Waals surface area contributed by atoms with Crippen LogP contribution >= 0.6 is 23.2 Å². The summed E-state index contributed by atoms with van der Waals surface area (Å²) in [6, 6.07) is 9.94. The fourth-order valence-electron chi connectivity index (χ4n) is 2.09. The van der Waals surface area contributed by atoms with Crippen molar-refractivity contribution in [2.24, 2.45) is 0 Å². The zero-order chi connectivity index (χ0) is 15.4. The molecule has 0 bridgehead atoms. The van der Waals surface area contributed by atoms with Crippen LogP contribution in [-0.2, 0) is 0 Å². The Hall–Kier alpha value is -1.51. The van der Waals surface area contributed by atoms with Crippen molar-refractivity contribution in [2.45, 2.75) is 26.4 Å². The van der Waals surface area contributed by atoms with Crippen molar-refractivity contribution >= 4 is 23.2 Å². The molecule has 1 aromatic heterocycles. The summed E-state index contributed by atoms with van der Waals surface area (Å²) in [4.78, 5) is 4.30. The van der Waals surface area contributed by atoms with Gasteiger partial charge in [0.25, 0.3) is 0 Å². The van der Waals surface area contributed by atoms with Gasteiger partial charge in [0.15, 0.2) is 5.75 Å². The zero-order valence-electron chi connectivity index (χ0n) is 12.1. The first-order chi connectivity index (χ1) is 10.0. The molecule has 1 atom stereocenters. The Morgan fingerprint density at radius 1 is 1.14 bits per heavy atom. The minimum Gasteiger partial charge on any atom is -0.482 e. The SMILES string of the molecule is C=CCC(Oc1c(Cl)c(C)nc(C)c1Cl)c1ccccc1. The second kappa shape index (κ2) is 6.97. The Kier molecular flexibility index (Phi) is 5.27. The molecule has 2 nitrogen and oxygen atoms in total. The van der Waals surface area contributed by atoms with Gasteiger partial charge in [-0.1, -0.05) is 59.6 Å². The lowest BCUT2D eigenvalue weighted by Crippen LogP contribution is -2.08. The molecule has 0 saturated carbocycles. The molecule has 0 fully saturated rings. The van der Waals surface area contributed by atoms with Crippen LogP contribution in [0.15, 0.2) is 43.0 Å². The highest BCUT2D eigenvalue weighted by Crippen LogP contribution is 2.39. The fourth-order valence-corrected chi connectivity index (χ4v) is 2.50. The predicted octanol–water partition coefficient (Wildman–Crippen LogP) is 5.70. The Labute approximate surface area is 135 Å². The number of ether oxygens (including phenoxy) is 1. The van der Waals surface area contributed by atoms with Crippen molar-refractivity contribution in [3.63, 3.8) is 0 Å². The van der Waals surface area contributed by atoms with Gasteiger partial charge in [-0.3, -0.25) is 4.98 Å². The van der Waals surface area contributed by atoms with E-state index in [4.69, 9.17) is 27.9 Å². The Balaban J connectivity index is 2.40. The molecule has 0 aliphatic carbocycles. The van der Waals surface area contributed by atoms with Crippen molar-refractivity contribution in [1.82, 2.24) is 4.98 Å². The van der Waals surface area contributed by atoms with Gasteiger partial charge >= 0.3 is 0 Å². The number of aromatic nitrogens is 1. The summed E-state index contributed by atoms with van der Waals surface area (Å²) in [5.74, 6) is 0.485. The van der Waals surface area contributed by atoms with E-state index in [9.17, 15) is 0 Å². The maximum atomic E-state index is 6.30. The molecule has 4 heteroatoms. The summed E-state index contributed by atoms with van der Waals surface area (Å²) in [6.45, 7) is 7.46. The minimum absolute atomic E-state index is 0.181. The minimum atomic E-state index is -0.181. The summed E-state index contributed by atoms with van der Waals surface area (Å²) in [5.41, 5.74) is 2.47. The summed E-state index contributed by atoms with van der Waals surface area (Å²) in [6.07, 6.45) is 2.30. The van der Waals surface area contributed by atoms with Crippen LogP contribution in [0.5, 0.6) is 5.75 Å². The summed E-state index contributed by atoms with van der Waals surface area (Å²) in [7, 11) is 0. The normalized spacial score (nSPS) is 12.0. The molecule has 0 saturated heterocycles. The highest BCUT2D eigenvalue weighted by molar-refractivity contribution is 6.37. The first kappa shape index (κ1) is 15.9. The van der Waals surface area contributed by atoms with E-state index in [1.54, 1.807) is 0 Å². The Bertz CT molecular complexity index is 615. The highest BCUT2D eigenvalue weighted by Gasteiger charge is 2.19. The lowest BCUT2D eigenvalue weighted by molar-refractivity contribution is 0.209. The molecule has 110 valence electrons. The van der Waals surface area contributed by atoms with Crippen LogP contribution in [0.4, 0.5) is 0 Å². The quantitative estimate of drug-likeness (QED) is 0.659. The van der Waals surface area contributed by atoms with Gasteiger partial charge in [0, 0.05) is 6.42 Å². The van der Waals surface area contributed by atoms with Crippen LogP contribution in [0.2, 0.25) is 10.0 Å². The maximum Gasteiger partial charge on any atom is 0.161 e. The summed E-state index contributed by atoms with van der Waals surface area (Å²) < 4.78 is 6.09. The first-order valence-electron chi connectivity index (χ1n) is 6.69. The molecule has 0 spiro atoms. The van der Waals surface area contributed by atoms with Crippen LogP contribution in [0, 0.1) is 13.8 Å². The Morgan fingerprint density at radius 2 is 1.71 bits per heavy atom. The third-order valence-electron chi connectivity index (χ3n) is 3.18. The first-order valence-corrected chi connectivity index (χ1v) is 7.45. The molecule has 0 aliphatic rings. The Morgan fingerprint density at radius 3 is 2.24 bits per heavy atom. The van der Waals surface area contributed by atoms with Crippen LogP contribution in [0.25, 0.3) is 0 Å². The average Bonchev–Trinajstić information content (AvgIpc) is 2.49. The maximum absolute atomic E-state index is 6.30. The van der Waals surface area contributed by atoms with Gasteiger partial charge in [0.1, 0.15) is 16.1 Å². The fraction of sp³-hybridized carbons (Fsp3) is 0.235. The van der Waals surface area contributed by atoms with Crippen molar-refractivity contribution in [3.05, 3.63) is 70.0 Å². The summed E-state index contributed by atoms with van der Waals surface area (Å²) >= 11 is 12.6. The molecule has 0 aliphatic heterocycles. The average molecular weight is 322 g/mol. The molecule has 0 amide bonds. The van der Waals surface area contributed by atoms with Crippen LogP contribution in [0.3, 0.4) is 0 Å². The van der Waals surface area contributed by atoms with Gasteiger partial charge < -0.3 is 4.74 Å². The third kappa shape index (κ3) is 3.58. The van der Waals surface area contributed by atoms with Crippen LogP contribution in [0.1, 0.15) is 29.5 Å². The van der Waals surface area contributed by atoms with Crippen molar-refractivity contribution in [1.29, 1.82) is 0 Å². The van der Waals surface area contributed by atoms with Gasteiger partial charge in [-0.05, 0) is 19.4 Å². The molecule has 1 aromatic carbocycles. The van der Waals surface area contributed by atoms with E-state index in [2.05, 4.69) is 11.6 Å². The number of rotatable bonds is 5. The molecule has 0 radical (unpaired) electrons. The number of halogens is 2. The van der Waals surface area contributed by atoms with Gasteiger partial charge in [-0.25, -0.2) is 0 Å². The largest absolute Gasteiger partial charge is 0.482 e. The second-order valence-electron chi connectivity index (χ2n) is 4.78. The number of benzene rings is 1. The number of hydrogen-bond donors (Lipinski definition) is 0. The molecular weight excluding hydrogens is 305 g/mol. The lowest BCUT2D eigenvalue weighted by atomic mass is 10.1. The van der Waals surface area contributed by atoms with E-state index in [1.807, 2.05) is 50.3 Å². The van der Waals surface area contributed by atoms with Gasteiger partial charge in [0.2, 0.25) is 0 Å². The van der Waals surface area contributed by atoms with Crippen LogP contribution < -0.4 is 4.74 Å². The summed E-state index contributed by atoms with van der Waals surface area (Å²) in [5, 5.41) is 0.909. The predicted molar refractivity (Wildman–Crippen MR) is 88.4 cm³/mol. The van der Waals surface area contributed by atoms with E-state index in [1.165, 1.54) is 0 Å². The topological polar surface area (TPSA) is 22.1 Å². The van der Waals surface area contributed by atoms with Gasteiger partial charge in [-0.2, -0.15) is 0 Å². The molecule has 1 unspecified atom stereocenters. The van der Waals surface area contributed by atoms with E-state index in [-0.39, 0.29) is 6.10 Å². The van der Waals surface area contributed by atoms with E-state index >= 15 is 0 Å². The van der Waals surface area contributed by atoms with Crippen molar-refractivity contribution < 1.29 is 4.74 Å². The third-order valence-corrected chi connectivity index (χ3v) is 4.07. The molecule has 0 N–H and O–H groups in total. The number of hydrogen-bond acceptors (Lipinski definition) is 2. The monoisotopic (exact) mass is 321 g/mol. The lowest BCUT2D eigenvalue weighted by Gasteiger charge is -2.21. The molecular formula is C17H17Cl2NO. The van der Waals surface area contributed by atoms with E-state index in [0.29, 0.717) is 33.6 Å².